The first-order valence-electron chi connectivity index (χ1n) is 25.3. The molecular formula is C57H54F9N3O10. The number of nitrogens with one attached hydrogen (secondary N) is 3. The predicted octanol–water partition coefficient (Wildman–Crippen LogP) is 11.5. The molecule has 1 unspecified atom stereocenters. The van der Waals surface area contributed by atoms with Crippen molar-refractivity contribution in [3.05, 3.63) is 160 Å². The molecule has 3 fully saturated rings. The normalized spacial score (nSPS) is 18.4. The van der Waals surface area contributed by atoms with E-state index in [1.54, 1.807) is 36.5 Å². The van der Waals surface area contributed by atoms with Gasteiger partial charge in [-0.1, -0.05) is 31.1 Å². The molecule has 0 spiro atoms. The van der Waals surface area contributed by atoms with Crippen molar-refractivity contribution >= 4 is 35.1 Å². The van der Waals surface area contributed by atoms with Crippen molar-refractivity contribution in [1.82, 2.24) is 16.0 Å². The molecule has 3 aromatic carbocycles. The van der Waals surface area contributed by atoms with E-state index in [0.717, 1.165) is 106 Å². The molecule has 1 heterocycles. The van der Waals surface area contributed by atoms with Gasteiger partial charge in [0.2, 0.25) is 0 Å². The third-order valence-corrected chi connectivity index (χ3v) is 13.0. The first kappa shape index (κ1) is 58.9. The van der Waals surface area contributed by atoms with Crippen molar-refractivity contribution in [1.29, 1.82) is 0 Å². The van der Waals surface area contributed by atoms with Crippen molar-refractivity contribution in [3.8, 4) is 17.2 Å². The number of carbonyl (C=O) groups is 6. The maximum Gasteiger partial charge on any atom is 0.416 e. The molecule has 0 bridgehead atoms. The minimum absolute atomic E-state index is 0.00669. The lowest BCUT2D eigenvalue weighted by atomic mass is 9.96. The average molecular weight is 1110 g/mol. The number of hydrogen-bond donors (Lipinski definition) is 3. The van der Waals surface area contributed by atoms with Gasteiger partial charge in [-0.3, -0.25) is 28.8 Å². The first-order valence-corrected chi connectivity index (χ1v) is 25.3. The zero-order valence-corrected chi connectivity index (χ0v) is 42.2. The van der Waals surface area contributed by atoms with Gasteiger partial charge < -0.3 is 34.9 Å². The summed E-state index contributed by atoms with van der Waals surface area (Å²) in [6.45, 7) is 1.49. The van der Waals surface area contributed by atoms with E-state index in [-0.39, 0.29) is 107 Å². The van der Waals surface area contributed by atoms with Crippen molar-refractivity contribution in [2.45, 2.75) is 95.3 Å². The minimum Gasteiger partial charge on any atom is -0.492 e. The molecule has 5 aliphatic carbocycles. The Hall–Kier alpha value is -7.75. The molecule has 6 aliphatic rings. The van der Waals surface area contributed by atoms with Gasteiger partial charge in [0.1, 0.15) is 17.2 Å². The van der Waals surface area contributed by atoms with Gasteiger partial charge in [-0.25, -0.2) is 0 Å². The van der Waals surface area contributed by atoms with Gasteiger partial charge in [-0.2, -0.15) is 39.5 Å². The van der Waals surface area contributed by atoms with Gasteiger partial charge in [-0.15, -0.1) is 0 Å². The van der Waals surface area contributed by atoms with Gasteiger partial charge in [0.15, 0.2) is 17.3 Å². The van der Waals surface area contributed by atoms with Gasteiger partial charge in [0.05, 0.1) is 59.3 Å². The summed E-state index contributed by atoms with van der Waals surface area (Å²) in [5.74, 6) is -2.34. The van der Waals surface area contributed by atoms with Crippen LogP contribution in [0, 0.1) is 11.8 Å². The third kappa shape index (κ3) is 17.4. The van der Waals surface area contributed by atoms with E-state index in [1.807, 2.05) is 0 Å². The number of ketones is 3. The molecule has 1 atom stereocenters. The number of hydrogen-bond acceptors (Lipinski definition) is 10. The molecule has 9 rings (SSSR count). The molecule has 1 aliphatic heterocycles. The van der Waals surface area contributed by atoms with E-state index in [9.17, 15) is 68.3 Å². The Bertz CT molecular complexity index is 2840. The highest BCUT2D eigenvalue weighted by Gasteiger charge is 2.35. The molecule has 79 heavy (non-hydrogen) atoms. The summed E-state index contributed by atoms with van der Waals surface area (Å²) >= 11 is 0. The highest BCUT2D eigenvalue weighted by atomic mass is 19.4. The summed E-state index contributed by atoms with van der Waals surface area (Å²) in [6.07, 6.45) is 7.71. The van der Waals surface area contributed by atoms with Gasteiger partial charge in [0.25, 0.3) is 17.7 Å². The summed E-state index contributed by atoms with van der Waals surface area (Å²) in [6, 6.07) is 8.35. The largest absolute Gasteiger partial charge is 0.492 e. The summed E-state index contributed by atoms with van der Waals surface area (Å²) < 4.78 is 139. The second-order valence-electron chi connectivity index (χ2n) is 19.2. The van der Waals surface area contributed by atoms with E-state index in [1.165, 1.54) is 18.2 Å². The Balaban J connectivity index is 0.000000172. The standard InChI is InChI=1S/C20H20F3NO3.C19H18F3NO4.C18H16F3NO3/c21-20(22,23)14-8-9-17(18(10-14)27-12-13-4-1-2-5-13)19(26)24-15-6-3-7-16(25)11-15;20-19(21,22)13-4-5-16(17(8-13)27-11-12-6-7-26-10-12)18(25)23-14-2-1-3-15(24)9-14;19-18(20,21)11-7-8-15(16(9-11)25-14-5-2-6-14)17(24)22-12-3-1-4-13(23)10-12/h3,6,8-11,13H,1-2,4-5,7,12H2,(H,24,26);1-2,4-5,8-9,12H,3,6-7,10-11H2,(H,23,25);1,3,7-10,14H,2,4-6H2,(H,22,24). The van der Waals surface area contributed by atoms with E-state index in [4.69, 9.17) is 18.9 Å². The van der Waals surface area contributed by atoms with Crippen LogP contribution in [0.1, 0.15) is 118 Å². The topological polar surface area (TPSA) is 175 Å². The number of rotatable bonds is 14. The Morgan fingerprint density at radius 1 is 0.494 bits per heavy atom. The first-order chi connectivity index (χ1) is 37.5. The molecule has 3 aromatic rings. The molecule has 1 saturated heterocycles. The Labute approximate surface area is 447 Å². The highest BCUT2D eigenvalue weighted by molar-refractivity contribution is 6.02. The maximum absolute atomic E-state index is 13.0. The molecule has 3 N–H and O–H groups in total. The lowest BCUT2D eigenvalue weighted by molar-refractivity contribution is -0.138. The Morgan fingerprint density at radius 3 is 1.22 bits per heavy atom. The van der Waals surface area contributed by atoms with Crippen LogP contribution in [0.5, 0.6) is 17.2 Å². The van der Waals surface area contributed by atoms with Gasteiger partial charge in [0, 0.05) is 67.1 Å². The van der Waals surface area contributed by atoms with E-state index in [0.29, 0.717) is 24.6 Å². The summed E-state index contributed by atoms with van der Waals surface area (Å²) in [4.78, 5) is 71.7. The number of alkyl halides is 9. The zero-order chi connectivity index (χ0) is 56.9. The van der Waals surface area contributed by atoms with Crippen LogP contribution in [0.3, 0.4) is 0 Å². The zero-order valence-electron chi connectivity index (χ0n) is 42.2. The van der Waals surface area contributed by atoms with E-state index in [2.05, 4.69) is 16.0 Å². The minimum atomic E-state index is -4.55. The van der Waals surface area contributed by atoms with Crippen LogP contribution in [0.2, 0.25) is 0 Å². The fraction of sp³-hybridized carbons (Fsp3) is 0.368. The molecule has 13 nitrogen and oxygen atoms in total. The van der Waals surface area contributed by atoms with Crippen LogP contribution in [0.15, 0.2) is 126 Å². The molecule has 420 valence electrons. The van der Waals surface area contributed by atoms with Crippen LogP contribution >= 0.6 is 0 Å². The maximum atomic E-state index is 13.0. The number of benzene rings is 3. The predicted molar refractivity (Wildman–Crippen MR) is 267 cm³/mol. The molecular weight excluding hydrogens is 1060 g/mol. The lowest BCUT2D eigenvalue weighted by Gasteiger charge is -2.27. The van der Waals surface area contributed by atoms with Crippen LogP contribution in [-0.2, 0) is 37.6 Å². The summed E-state index contributed by atoms with van der Waals surface area (Å²) in [5.41, 5.74) is -1.77. The van der Waals surface area contributed by atoms with E-state index >= 15 is 0 Å². The van der Waals surface area contributed by atoms with Crippen molar-refractivity contribution in [2.75, 3.05) is 26.4 Å². The van der Waals surface area contributed by atoms with Crippen LogP contribution < -0.4 is 30.2 Å². The Kier molecular flexibility index (Phi) is 19.6. The second-order valence-corrected chi connectivity index (χ2v) is 19.2. The summed E-state index contributed by atoms with van der Waals surface area (Å²) in [7, 11) is 0. The molecule has 0 aromatic heterocycles. The number of amides is 3. The third-order valence-electron chi connectivity index (χ3n) is 13.0. The number of carbonyl (C=O) groups excluding carboxylic acids is 6. The SMILES string of the molecule is O=C1C=C(NC(=O)c2ccc(C(F)(F)F)cc2OC2CCC2)C=CC1.O=C1C=C(NC(=O)c2ccc(C(F)(F)F)cc2OCC2CCCC2)C=CC1.O=C1C=C(NC(=O)c2ccc(C(F)(F)F)cc2OCC2CCOC2)C=CC1. The molecule has 2 saturated carbocycles. The van der Waals surface area contributed by atoms with Gasteiger partial charge in [-0.05, 0) is 117 Å². The smallest absolute Gasteiger partial charge is 0.416 e. The highest BCUT2D eigenvalue weighted by Crippen LogP contribution is 2.38. The van der Waals surface area contributed by atoms with Crippen molar-refractivity contribution in [3.63, 3.8) is 0 Å². The van der Waals surface area contributed by atoms with Crippen LogP contribution in [0.25, 0.3) is 0 Å². The number of allylic oxidation sites excluding steroid dienone is 9. The number of halogens is 9. The lowest BCUT2D eigenvalue weighted by Crippen LogP contribution is -2.28. The van der Waals surface area contributed by atoms with E-state index < -0.39 is 52.9 Å². The molecule has 0 radical (unpaired) electrons. The fourth-order valence-corrected chi connectivity index (χ4v) is 8.55. The average Bonchev–Trinajstić information content (AvgIpc) is 4.13. The summed E-state index contributed by atoms with van der Waals surface area (Å²) in [5, 5.41) is 7.59. The van der Waals surface area contributed by atoms with Gasteiger partial charge >= 0.3 is 18.5 Å². The van der Waals surface area contributed by atoms with Crippen LogP contribution in [0.4, 0.5) is 39.5 Å². The monoisotopic (exact) mass is 1110 g/mol. The van der Waals surface area contributed by atoms with Crippen molar-refractivity contribution in [2.24, 2.45) is 11.8 Å². The van der Waals surface area contributed by atoms with Crippen molar-refractivity contribution < 1.29 is 87.2 Å². The molecule has 22 heteroatoms. The number of ether oxygens (including phenoxy) is 4. The Morgan fingerprint density at radius 2 is 0.873 bits per heavy atom. The molecule has 3 amide bonds. The fourth-order valence-electron chi connectivity index (χ4n) is 8.55. The quantitative estimate of drug-likeness (QED) is 0.132. The second kappa shape index (κ2) is 26.3. The van der Waals surface area contributed by atoms with Crippen LogP contribution in [-0.4, -0.2) is 67.6 Å².